The zero-order valence-corrected chi connectivity index (χ0v) is 11.3. The van der Waals surface area contributed by atoms with Gasteiger partial charge < -0.3 is 15.2 Å². The summed E-state index contributed by atoms with van der Waals surface area (Å²) < 4.78 is 2.11. The van der Waals surface area contributed by atoms with Crippen molar-refractivity contribution in [2.75, 3.05) is 0 Å². The first-order valence-corrected chi connectivity index (χ1v) is 6.62. The SMILES string of the molecule is CC(NCc1cncn1C(C)C)C(=O)NC1CC1. The van der Waals surface area contributed by atoms with Crippen LogP contribution in [0.3, 0.4) is 0 Å². The summed E-state index contributed by atoms with van der Waals surface area (Å²) in [4.78, 5) is 15.9. The molecule has 1 aromatic rings. The van der Waals surface area contributed by atoms with Gasteiger partial charge in [-0.1, -0.05) is 0 Å². The first-order chi connectivity index (χ1) is 8.58. The van der Waals surface area contributed by atoms with E-state index in [0.717, 1.165) is 18.5 Å². The van der Waals surface area contributed by atoms with Crippen molar-refractivity contribution in [1.29, 1.82) is 0 Å². The molecule has 5 nitrogen and oxygen atoms in total. The first kappa shape index (κ1) is 13.1. The van der Waals surface area contributed by atoms with E-state index in [4.69, 9.17) is 0 Å². The van der Waals surface area contributed by atoms with Crippen LogP contribution in [0, 0.1) is 0 Å². The number of carbonyl (C=O) groups is 1. The maximum absolute atomic E-state index is 11.8. The molecule has 0 spiro atoms. The quantitative estimate of drug-likeness (QED) is 0.798. The molecule has 0 radical (unpaired) electrons. The van der Waals surface area contributed by atoms with Crippen molar-refractivity contribution in [3.8, 4) is 0 Å². The second-order valence-corrected chi connectivity index (χ2v) is 5.27. The van der Waals surface area contributed by atoms with Gasteiger partial charge in [-0.25, -0.2) is 4.98 Å². The van der Waals surface area contributed by atoms with E-state index >= 15 is 0 Å². The lowest BCUT2D eigenvalue weighted by Crippen LogP contribution is -2.42. The summed E-state index contributed by atoms with van der Waals surface area (Å²) in [7, 11) is 0. The van der Waals surface area contributed by atoms with Crippen LogP contribution in [-0.2, 0) is 11.3 Å². The van der Waals surface area contributed by atoms with Crippen LogP contribution in [0.25, 0.3) is 0 Å². The first-order valence-electron chi connectivity index (χ1n) is 6.62. The van der Waals surface area contributed by atoms with E-state index in [0.29, 0.717) is 18.6 Å². The second-order valence-electron chi connectivity index (χ2n) is 5.27. The molecule has 1 aromatic heterocycles. The lowest BCUT2D eigenvalue weighted by atomic mass is 10.3. The highest BCUT2D eigenvalue weighted by molar-refractivity contribution is 5.81. The summed E-state index contributed by atoms with van der Waals surface area (Å²) in [5.41, 5.74) is 1.11. The molecule has 18 heavy (non-hydrogen) atoms. The molecular formula is C13H22N4O. The Morgan fingerprint density at radius 1 is 1.50 bits per heavy atom. The van der Waals surface area contributed by atoms with Crippen molar-refractivity contribution < 1.29 is 4.79 Å². The molecule has 0 saturated heterocycles. The van der Waals surface area contributed by atoms with Crippen LogP contribution in [0.2, 0.25) is 0 Å². The van der Waals surface area contributed by atoms with Crippen molar-refractivity contribution in [2.24, 2.45) is 0 Å². The average Bonchev–Trinajstić information content (AvgIpc) is 3.00. The monoisotopic (exact) mass is 250 g/mol. The zero-order valence-electron chi connectivity index (χ0n) is 11.3. The molecule has 1 amide bonds. The van der Waals surface area contributed by atoms with Crippen molar-refractivity contribution in [1.82, 2.24) is 20.2 Å². The number of rotatable bonds is 6. The highest BCUT2D eigenvalue weighted by Gasteiger charge is 2.25. The van der Waals surface area contributed by atoms with Crippen LogP contribution in [0.4, 0.5) is 0 Å². The van der Waals surface area contributed by atoms with Crippen molar-refractivity contribution in [3.63, 3.8) is 0 Å². The molecule has 1 aliphatic carbocycles. The van der Waals surface area contributed by atoms with E-state index in [1.807, 2.05) is 19.4 Å². The molecular weight excluding hydrogens is 228 g/mol. The number of carbonyl (C=O) groups excluding carboxylic acids is 1. The maximum atomic E-state index is 11.8. The Labute approximate surface area is 108 Å². The second kappa shape index (κ2) is 5.52. The van der Waals surface area contributed by atoms with Crippen LogP contribution in [0.5, 0.6) is 0 Å². The number of hydrogen-bond donors (Lipinski definition) is 2. The summed E-state index contributed by atoms with van der Waals surface area (Å²) in [6.45, 7) is 6.80. The minimum Gasteiger partial charge on any atom is -0.352 e. The predicted molar refractivity (Wildman–Crippen MR) is 70.1 cm³/mol. The molecule has 2 rings (SSSR count). The summed E-state index contributed by atoms with van der Waals surface area (Å²) in [6, 6.07) is 0.643. The van der Waals surface area contributed by atoms with E-state index in [1.54, 1.807) is 0 Å². The molecule has 0 aliphatic heterocycles. The number of amides is 1. The molecule has 1 saturated carbocycles. The van der Waals surface area contributed by atoms with Gasteiger partial charge in [0.05, 0.1) is 18.1 Å². The number of nitrogens with zero attached hydrogens (tertiary/aromatic N) is 2. The van der Waals surface area contributed by atoms with Gasteiger partial charge in [0, 0.05) is 24.8 Å². The molecule has 0 bridgehead atoms. The topological polar surface area (TPSA) is 59.0 Å². The third kappa shape index (κ3) is 3.32. The van der Waals surface area contributed by atoms with Gasteiger partial charge in [0.25, 0.3) is 0 Å². The van der Waals surface area contributed by atoms with E-state index in [1.165, 1.54) is 0 Å². The molecule has 1 fully saturated rings. The van der Waals surface area contributed by atoms with Crippen LogP contribution in [0.15, 0.2) is 12.5 Å². The number of hydrogen-bond acceptors (Lipinski definition) is 3. The summed E-state index contributed by atoms with van der Waals surface area (Å²) in [6.07, 6.45) is 5.92. The fraction of sp³-hybridized carbons (Fsp3) is 0.692. The summed E-state index contributed by atoms with van der Waals surface area (Å²) in [5.74, 6) is 0.0908. The lowest BCUT2D eigenvalue weighted by molar-refractivity contribution is -0.122. The lowest BCUT2D eigenvalue weighted by Gasteiger charge is -2.16. The standard InChI is InChI=1S/C13H22N4O/c1-9(2)17-8-14-6-12(17)7-15-10(3)13(18)16-11-4-5-11/h6,8-11,15H,4-5,7H2,1-3H3,(H,16,18). The predicted octanol–water partition coefficient (Wildman–Crippen LogP) is 1.22. The highest BCUT2D eigenvalue weighted by atomic mass is 16.2. The van der Waals surface area contributed by atoms with Crippen LogP contribution < -0.4 is 10.6 Å². The molecule has 5 heteroatoms. The normalized spacial score (nSPS) is 16.9. The van der Waals surface area contributed by atoms with Gasteiger partial charge in [-0.05, 0) is 33.6 Å². The Morgan fingerprint density at radius 3 is 2.83 bits per heavy atom. The molecule has 1 unspecified atom stereocenters. The highest BCUT2D eigenvalue weighted by Crippen LogP contribution is 2.18. The number of nitrogens with one attached hydrogen (secondary N) is 2. The minimum absolute atomic E-state index is 0.0908. The minimum atomic E-state index is -0.166. The van der Waals surface area contributed by atoms with Crippen molar-refractivity contribution in [2.45, 2.75) is 58.3 Å². The molecule has 1 heterocycles. The van der Waals surface area contributed by atoms with Crippen LogP contribution in [-0.4, -0.2) is 27.5 Å². The third-order valence-electron chi connectivity index (χ3n) is 3.21. The smallest absolute Gasteiger partial charge is 0.237 e. The summed E-state index contributed by atoms with van der Waals surface area (Å²) in [5, 5.41) is 6.24. The Hall–Kier alpha value is -1.36. The van der Waals surface area contributed by atoms with Gasteiger partial charge in [0.2, 0.25) is 5.91 Å². The third-order valence-corrected chi connectivity index (χ3v) is 3.21. The molecule has 100 valence electrons. The van der Waals surface area contributed by atoms with Crippen molar-refractivity contribution >= 4 is 5.91 Å². The molecule has 1 atom stereocenters. The van der Waals surface area contributed by atoms with Crippen molar-refractivity contribution in [3.05, 3.63) is 18.2 Å². The van der Waals surface area contributed by atoms with E-state index in [2.05, 4.69) is 34.0 Å². The number of aromatic nitrogens is 2. The van der Waals surface area contributed by atoms with Gasteiger partial charge in [-0.15, -0.1) is 0 Å². The fourth-order valence-corrected chi connectivity index (χ4v) is 1.84. The number of imidazole rings is 1. The van der Waals surface area contributed by atoms with Gasteiger partial charge >= 0.3 is 0 Å². The van der Waals surface area contributed by atoms with Gasteiger partial charge in [0.1, 0.15) is 0 Å². The molecule has 2 N–H and O–H groups in total. The Balaban J connectivity index is 1.82. The summed E-state index contributed by atoms with van der Waals surface area (Å²) >= 11 is 0. The van der Waals surface area contributed by atoms with Gasteiger partial charge in [-0.3, -0.25) is 4.79 Å². The zero-order chi connectivity index (χ0) is 13.1. The van der Waals surface area contributed by atoms with Crippen LogP contribution >= 0.6 is 0 Å². The Kier molecular flexibility index (Phi) is 4.01. The van der Waals surface area contributed by atoms with E-state index in [9.17, 15) is 4.79 Å². The van der Waals surface area contributed by atoms with Crippen LogP contribution in [0.1, 0.15) is 45.3 Å². The van der Waals surface area contributed by atoms with E-state index < -0.39 is 0 Å². The molecule has 1 aliphatic rings. The van der Waals surface area contributed by atoms with E-state index in [-0.39, 0.29) is 11.9 Å². The Bertz CT molecular complexity index is 409. The maximum Gasteiger partial charge on any atom is 0.237 e. The average molecular weight is 250 g/mol. The largest absolute Gasteiger partial charge is 0.352 e. The fourth-order valence-electron chi connectivity index (χ4n) is 1.84. The molecule has 0 aromatic carbocycles. The Morgan fingerprint density at radius 2 is 2.22 bits per heavy atom. The van der Waals surface area contributed by atoms with Gasteiger partial charge in [-0.2, -0.15) is 0 Å². The van der Waals surface area contributed by atoms with Gasteiger partial charge in [0.15, 0.2) is 0 Å².